The SMILES string of the molecule is CCNC1CCN(C(=O)CC2CCCO2)CC1. The maximum atomic E-state index is 12.0. The van der Waals surface area contributed by atoms with E-state index in [1.165, 1.54) is 0 Å². The third kappa shape index (κ3) is 3.68. The lowest BCUT2D eigenvalue weighted by molar-refractivity contribution is -0.134. The van der Waals surface area contributed by atoms with Gasteiger partial charge in [0.15, 0.2) is 0 Å². The van der Waals surface area contributed by atoms with Crippen molar-refractivity contribution in [3.05, 3.63) is 0 Å². The van der Waals surface area contributed by atoms with Crippen LogP contribution in [0.2, 0.25) is 0 Å². The number of hydrogen-bond donors (Lipinski definition) is 1. The molecule has 2 aliphatic rings. The number of ether oxygens (including phenoxy) is 1. The van der Waals surface area contributed by atoms with Crippen molar-refractivity contribution in [2.24, 2.45) is 0 Å². The fourth-order valence-electron chi connectivity index (χ4n) is 2.75. The lowest BCUT2D eigenvalue weighted by atomic mass is 10.0. The molecule has 2 rings (SSSR count). The zero-order valence-electron chi connectivity index (χ0n) is 10.8. The molecule has 0 aromatic rings. The summed E-state index contributed by atoms with van der Waals surface area (Å²) in [4.78, 5) is 14.1. The molecule has 2 fully saturated rings. The molecule has 1 N–H and O–H groups in total. The van der Waals surface area contributed by atoms with Gasteiger partial charge < -0.3 is 15.0 Å². The fourth-order valence-corrected chi connectivity index (χ4v) is 2.75. The molecule has 1 amide bonds. The molecule has 0 aromatic heterocycles. The maximum absolute atomic E-state index is 12.0. The third-order valence-electron chi connectivity index (χ3n) is 3.77. The first kappa shape index (κ1) is 12.8. The molecule has 0 aromatic carbocycles. The van der Waals surface area contributed by atoms with Crippen LogP contribution in [0.1, 0.15) is 39.0 Å². The Bertz CT molecular complexity index is 244. The van der Waals surface area contributed by atoms with Gasteiger partial charge in [-0.2, -0.15) is 0 Å². The molecule has 0 aliphatic carbocycles. The highest BCUT2D eigenvalue weighted by Gasteiger charge is 2.25. The zero-order valence-corrected chi connectivity index (χ0v) is 10.8. The number of carbonyl (C=O) groups excluding carboxylic acids is 1. The smallest absolute Gasteiger partial charge is 0.225 e. The Hall–Kier alpha value is -0.610. The molecular weight excluding hydrogens is 216 g/mol. The van der Waals surface area contributed by atoms with Crippen molar-refractivity contribution in [3.8, 4) is 0 Å². The zero-order chi connectivity index (χ0) is 12.1. The van der Waals surface area contributed by atoms with Crippen LogP contribution in [0.25, 0.3) is 0 Å². The molecule has 0 saturated carbocycles. The van der Waals surface area contributed by atoms with Gasteiger partial charge in [0.05, 0.1) is 12.5 Å². The van der Waals surface area contributed by atoms with Crippen molar-refractivity contribution in [2.45, 2.75) is 51.2 Å². The van der Waals surface area contributed by atoms with E-state index in [1.807, 2.05) is 4.90 Å². The average Bonchev–Trinajstić information content (AvgIpc) is 2.83. The minimum absolute atomic E-state index is 0.189. The van der Waals surface area contributed by atoms with Crippen molar-refractivity contribution in [2.75, 3.05) is 26.2 Å². The minimum atomic E-state index is 0.189. The van der Waals surface area contributed by atoms with Crippen molar-refractivity contribution in [3.63, 3.8) is 0 Å². The van der Waals surface area contributed by atoms with Crippen LogP contribution in [-0.2, 0) is 9.53 Å². The first-order valence-electron chi connectivity index (χ1n) is 6.92. The second-order valence-electron chi connectivity index (χ2n) is 5.05. The first-order chi connectivity index (χ1) is 8.29. The van der Waals surface area contributed by atoms with Crippen LogP contribution in [0.5, 0.6) is 0 Å². The Morgan fingerprint density at radius 1 is 1.35 bits per heavy atom. The molecule has 2 aliphatic heterocycles. The normalized spacial score (nSPS) is 26.4. The Balaban J connectivity index is 1.70. The minimum Gasteiger partial charge on any atom is -0.378 e. The molecule has 2 saturated heterocycles. The summed E-state index contributed by atoms with van der Waals surface area (Å²) in [7, 11) is 0. The van der Waals surface area contributed by atoms with Crippen LogP contribution in [0.4, 0.5) is 0 Å². The van der Waals surface area contributed by atoms with E-state index in [0.29, 0.717) is 12.5 Å². The second-order valence-corrected chi connectivity index (χ2v) is 5.05. The Kier molecular flexibility index (Phi) is 4.80. The lowest BCUT2D eigenvalue weighted by Crippen LogP contribution is -2.45. The predicted octanol–water partition coefficient (Wildman–Crippen LogP) is 1.16. The van der Waals surface area contributed by atoms with E-state index >= 15 is 0 Å². The summed E-state index contributed by atoms with van der Waals surface area (Å²) in [6.45, 7) is 5.80. The van der Waals surface area contributed by atoms with E-state index in [9.17, 15) is 4.79 Å². The van der Waals surface area contributed by atoms with E-state index in [0.717, 1.165) is 51.9 Å². The van der Waals surface area contributed by atoms with Gasteiger partial charge in [0.2, 0.25) is 5.91 Å². The summed E-state index contributed by atoms with van der Waals surface area (Å²) < 4.78 is 5.51. The monoisotopic (exact) mass is 240 g/mol. The molecule has 0 spiro atoms. The Morgan fingerprint density at radius 2 is 2.12 bits per heavy atom. The molecule has 17 heavy (non-hydrogen) atoms. The maximum Gasteiger partial charge on any atom is 0.225 e. The Labute approximate surface area is 104 Å². The standard InChI is InChI=1S/C13H24N2O2/c1-2-14-11-5-7-15(8-6-11)13(16)10-12-4-3-9-17-12/h11-12,14H,2-10H2,1H3. The van der Waals surface area contributed by atoms with Gasteiger partial charge in [-0.3, -0.25) is 4.79 Å². The van der Waals surface area contributed by atoms with Crippen LogP contribution in [0.15, 0.2) is 0 Å². The number of nitrogens with one attached hydrogen (secondary N) is 1. The number of rotatable bonds is 4. The average molecular weight is 240 g/mol. The summed E-state index contributed by atoms with van der Waals surface area (Å²) in [5.74, 6) is 0.284. The highest BCUT2D eigenvalue weighted by atomic mass is 16.5. The Morgan fingerprint density at radius 3 is 2.71 bits per heavy atom. The van der Waals surface area contributed by atoms with Gasteiger partial charge in [-0.05, 0) is 32.2 Å². The number of hydrogen-bond acceptors (Lipinski definition) is 3. The summed E-state index contributed by atoms with van der Waals surface area (Å²) >= 11 is 0. The highest BCUT2D eigenvalue weighted by molar-refractivity contribution is 5.76. The molecule has 2 heterocycles. The van der Waals surface area contributed by atoms with E-state index < -0.39 is 0 Å². The highest BCUT2D eigenvalue weighted by Crippen LogP contribution is 2.18. The summed E-state index contributed by atoms with van der Waals surface area (Å²) in [5.41, 5.74) is 0. The van der Waals surface area contributed by atoms with Crippen LogP contribution in [0.3, 0.4) is 0 Å². The number of likely N-dealkylation sites (tertiary alicyclic amines) is 1. The van der Waals surface area contributed by atoms with E-state index in [-0.39, 0.29) is 12.0 Å². The molecule has 4 nitrogen and oxygen atoms in total. The molecular formula is C13H24N2O2. The molecule has 0 radical (unpaired) electrons. The topological polar surface area (TPSA) is 41.6 Å². The molecule has 1 unspecified atom stereocenters. The number of amides is 1. The molecule has 1 atom stereocenters. The number of nitrogens with zero attached hydrogens (tertiary/aromatic N) is 1. The van der Waals surface area contributed by atoms with E-state index in [4.69, 9.17) is 4.74 Å². The molecule has 0 bridgehead atoms. The van der Waals surface area contributed by atoms with Gasteiger partial charge in [-0.15, -0.1) is 0 Å². The van der Waals surface area contributed by atoms with Crippen LogP contribution >= 0.6 is 0 Å². The molecule has 98 valence electrons. The number of piperidine rings is 1. The van der Waals surface area contributed by atoms with Gasteiger partial charge in [0.1, 0.15) is 0 Å². The van der Waals surface area contributed by atoms with E-state index in [1.54, 1.807) is 0 Å². The summed E-state index contributed by atoms with van der Waals surface area (Å²) in [5, 5.41) is 3.45. The van der Waals surface area contributed by atoms with E-state index in [2.05, 4.69) is 12.2 Å². The first-order valence-corrected chi connectivity index (χ1v) is 6.92. The molecule has 4 heteroatoms. The van der Waals surface area contributed by atoms with Gasteiger partial charge in [-0.25, -0.2) is 0 Å². The van der Waals surface area contributed by atoms with Crippen LogP contribution in [-0.4, -0.2) is 49.2 Å². The summed E-state index contributed by atoms with van der Waals surface area (Å²) in [6.07, 6.45) is 5.12. The van der Waals surface area contributed by atoms with Gasteiger partial charge in [0, 0.05) is 25.7 Å². The van der Waals surface area contributed by atoms with Crippen molar-refractivity contribution in [1.82, 2.24) is 10.2 Å². The summed E-state index contributed by atoms with van der Waals surface area (Å²) in [6, 6.07) is 0.604. The van der Waals surface area contributed by atoms with Crippen LogP contribution < -0.4 is 5.32 Å². The van der Waals surface area contributed by atoms with Crippen molar-refractivity contribution < 1.29 is 9.53 Å². The van der Waals surface area contributed by atoms with Crippen molar-refractivity contribution >= 4 is 5.91 Å². The van der Waals surface area contributed by atoms with Gasteiger partial charge in [-0.1, -0.05) is 6.92 Å². The van der Waals surface area contributed by atoms with Gasteiger partial charge in [0.25, 0.3) is 0 Å². The largest absolute Gasteiger partial charge is 0.378 e. The quantitative estimate of drug-likeness (QED) is 0.801. The fraction of sp³-hybridized carbons (Fsp3) is 0.923. The van der Waals surface area contributed by atoms with Crippen LogP contribution in [0, 0.1) is 0 Å². The second kappa shape index (κ2) is 6.36. The predicted molar refractivity (Wildman–Crippen MR) is 66.9 cm³/mol. The number of carbonyl (C=O) groups is 1. The van der Waals surface area contributed by atoms with Crippen molar-refractivity contribution in [1.29, 1.82) is 0 Å². The third-order valence-corrected chi connectivity index (χ3v) is 3.77. The lowest BCUT2D eigenvalue weighted by Gasteiger charge is -2.32. The van der Waals surface area contributed by atoms with Gasteiger partial charge >= 0.3 is 0 Å².